The summed E-state index contributed by atoms with van der Waals surface area (Å²) in [6.45, 7) is 8.13. The molecule has 4 rings (SSSR count). The van der Waals surface area contributed by atoms with Gasteiger partial charge in [-0.1, -0.05) is 40.8 Å². The highest BCUT2D eigenvalue weighted by atomic mass is 32.2. The molecule has 1 aliphatic rings. The molecule has 0 atom stereocenters. The molecule has 1 N–H and O–H groups in total. The summed E-state index contributed by atoms with van der Waals surface area (Å²) >= 11 is 5.03. The normalized spacial score (nSPS) is 14.4. The van der Waals surface area contributed by atoms with Crippen molar-refractivity contribution in [3.63, 3.8) is 0 Å². The maximum Gasteiger partial charge on any atom is 0.234 e. The molecule has 0 radical (unpaired) electrons. The van der Waals surface area contributed by atoms with Gasteiger partial charge in [-0.15, -0.1) is 0 Å². The number of aromatic nitrogens is 3. The molecule has 152 valence electrons. The molecule has 1 aromatic carbocycles. The second-order valence-corrected chi connectivity index (χ2v) is 10.2. The van der Waals surface area contributed by atoms with Crippen molar-refractivity contribution in [2.45, 2.75) is 25.8 Å². The number of nitrogens with one attached hydrogen (secondary N) is 1. The molecular formula is C20H23N5OS3. The van der Waals surface area contributed by atoms with Crippen molar-refractivity contribution in [1.29, 1.82) is 0 Å². The number of carbonyl (C=O) groups excluding carboxylic acids is 1. The van der Waals surface area contributed by atoms with E-state index in [9.17, 15) is 4.79 Å². The Morgan fingerprint density at radius 3 is 2.62 bits per heavy atom. The molecule has 1 aliphatic heterocycles. The van der Waals surface area contributed by atoms with Crippen molar-refractivity contribution < 1.29 is 4.79 Å². The molecule has 0 spiro atoms. The van der Waals surface area contributed by atoms with Crippen LogP contribution in [-0.4, -0.2) is 51.2 Å². The van der Waals surface area contributed by atoms with Gasteiger partial charge in [0, 0.05) is 30.3 Å². The number of carbonyl (C=O) groups is 1. The molecule has 2 aromatic heterocycles. The lowest BCUT2D eigenvalue weighted by atomic mass is 10.1. The topological polar surface area (TPSA) is 71.0 Å². The molecule has 9 heteroatoms. The van der Waals surface area contributed by atoms with Gasteiger partial charge < -0.3 is 10.2 Å². The van der Waals surface area contributed by atoms with Gasteiger partial charge in [-0.2, -0.15) is 16.7 Å². The molecule has 1 saturated heterocycles. The third-order valence-electron chi connectivity index (χ3n) is 4.71. The number of nitrogens with zero attached hydrogens (tertiary/aromatic N) is 4. The summed E-state index contributed by atoms with van der Waals surface area (Å²) in [6, 6.07) is 4.17. The standard InChI is InChI=1S/C20H23N5OS3/c1-12-8-13(2)16(14(3)9-12)23-15(26)10-28-19-17-18(21-11-22-19)24-20(29-17)25-4-6-27-7-5-25/h8-9,11H,4-7,10H2,1-3H3,(H,23,26). The van der Waals surface area contributed by atoms with E-state index < -0.39 is 0 Å². The van der Waals surface area contributed by atoms with Gasteiger partial charge in [-0.25, -0.2) is 9.97 Å². The first-order chi connectivity index (χ1) is 14.0. The van der Waals surface area contributed by atoms with Crippen LogP contribution in [0.3, 0.4) is 0 Å². The number of anilines is 2. The first-order valence-corrected chi connectivity index (χ1v) is 12.4. The summed E-state index contributed by atoms with van der Waals surface area (Å²) in [5, 5.41) is 4.87. The highest BCUT2D eigenvalue weighted by Crippen LogP contribution is 2.34. The molecule has 3 heterocycles. The van der Waals surface area contributed by atoms with E-state index in [0.29, 0.717) is 11.4 Å². The molecule has 0 saturated carbocycles. The summed E-state index contributed by atoms with van der Waals surface area (Å²) in [4.78, 5) is 28.3. The van der Waals surface area contributed by atoms with Crippen LogP contribution in [0.4, 0.5) is 10.8 Å². The first-order valence-electron chi connectivity index (χ1n) is 9.46. The predicted octanol–water partition coefficient (Wildman–Crippen LogP) is 4.30. The van der Waals surface area contributed by atoms with Crippen LogP contribution < -0.4 is 10.2 Å². The van der Waals surface area contributed by atoms with Crippen LogP contribution in [0.5, 0.6) is 0 Å². The third kappa shape index (κ3) is 4.67. The van der Waals surface area contributed by atoms with E-state index in [-0.39, 0.29) is 5.91 Å². The summed E-state index contributed by atoms with van der Waals surface area (Å²) in [5.74, 6) is 2.52. The Morgan fingerprint density at radius 2 is 1.90 bits per heavy atom. The van der Waals surface area contributed by atoms with E-state index in [1.165, 1.54) is 23.7 Å². The molecule has 0 unspecified atom stereocenters. The van der Waals surface area contributed by atoms with Crippen LogP contribution in [0.2, 0.25) is 0 Å². The second kappa shape index (κ2) is 8.89. The Morgan fingerprint density at radius 1 is 1.17 bits per heavy atom. The maximum atomic E-state index is 12.6. The minimum absolute atomic E-state index is 0.0328. The van der Waals surface area contributed by atoms with Gasteiger partial charge in [0.15, 0.2) is 10.8 Å². The van der Waals surface area contributed by atoms with E-state index >= 15 is 0 Å². The van der Waals surface area contributed by atoms with Gasteiger partial charge in [0.25, 0.3) is 0 Å². The zero-order valence-corrected chi connectivity index (χ0v) is 19.1. The second-order valence-electron chi connectivity index (χ2n) is 7.04. The van der Waals surface area contributed by atoms with Crippen molar-refractivity contribution >= 4 is 61.9 Å². The molecule has 29 heavy (non-hydrogen) atoms. The lowest BCUT2D eigenvalue weighted by Crippen LogP contribution is -2.32. The molecule has 1 amide bonds. The molecule has 3 aromatic rings. The Bertz CT molecular complexity index is 1020. The zero-order valence-electron chi connectivity index (χ0n) is 16.7. The number of amides is 1. The average molecular weight is 446 g/mol. The monoisotopic (exact) mass is 445 g/mol. The number of thioether (sulfide) groups is 2. The minimum Gasteiger partial charge on any atom is -0.346 e. The number of hydrogen-bond acceptors (Lipinski definition) is 8. The van der Waals surface area contributed by atoms with E-state index in [1.54, 1.807) is 11.3 Å². The Kier molecular flexibility index (Phi) is 6.26. The Balaban J connectivity index is 1.47. The summed E-state index contributed by atoms with van der Waals surface area (Å²) in [6.07, 6.45) is 1.53. The number of hydrogen-bond donors (Lipinski definition) is 1. The lowest BCUT2D eigenvalue weighted by molar-refractivity contribution is -0.113. The fourth-order valence-electron chi connectivity index (χ4n) is 3.40. The minimum atomic E-state index is -0.0328. The van der Waals surface area contributed by atoms with Crippen LogP contribution >= 0.6 is 34.9 Å². The van der Waals surface area contributed by atoms with Crippen molar-refractivity contribution in [3.8, 4) is 0 Å². The predicted molar refractivity (Wildman–Crippen MR) is 125 cm³/mol. The van der Waals surface area contributed by atoms with Crippen LogP contribution in [-0.2, 0) is 4.79 Å². The van der Waals surface area contributed by atoms with Crippen molar-refractivity contribution in [2.24, 2.45) is 0 Å². The van der Waals surface area contributed by atoms with E-state index in [0.717, 1.165) is 56.3 Å². The van der Waals surface area contributed by atoms with Crippen LogP contribution in [0.15, 0.2) is 23.5 Å². The SMILES string of the molecule is Cc1cc(C)c(NC(=O)CSc2ncnc3nc(N4CCSCC4)sc23)c(C)c1. The number of rotatable bonds is 5. The van der Waals surface area contributed by atoms with E-state index in [4.69, 9.17) is 4.98 Å². The summed E-state index contributed by atoms with van der Waals surface area (Å²) < 4.78 is 0.959. The Labute approximate surface area is 182 Å². The lowest BCUT2D eigenvalue weighted by Gasteiger charge is -2.25. The van der Waals surface area contributed by atoms with Gasteiger partial charge in [0.2, 0.25) is 5.91 Å². The van der Waals surface area contributed by atoms with Crippen molar-refractivity contribution in [3.05, 3.63) is 35.2 Å². The van der Waals surface area contributed by atoms with Crippen molar-refractivity contribution in [2.75, 3.05) is 40.6 Å². The van der Waals surface area contributed by atoms with Gasteiger partial charge >= 0.3 is 0 Å². The largest absolute Gasteiger partial charge is 0.346 e. The van der Waals surface area contributed by atoms with Gasteiger partial charge in [-0.3, -0.25) is 4.79 Å². The summed E-state index contributed by atoms with van der Waals surface area (Å²) in [7, 11) is 0. The molecule has 0 aliphatic carbocycles. The molecule has 6 nitrogen and oxygen atoms in total. The fraction of sp³-hybridized carbons (Fsp3) is 0.400. The average Bonchev–Trinajstić information content (AvgIpc) is 3.15. The molecular weight excluding hydrogens is 422 g/mol. The van der Waals surface area contributed by atoms with Crippen LogP contribution in [0.25, 0.3) is 10.3 Å². The van der Waals surface area contributed by atoms with Gasteiger partial charge in [-0.05, 0) is 31.9 Å². The third-order valence-corrected chi connectivity index (χ3v) is 7.88. The van der Waals surface area contributed by atoms with Gasteiger partial charge in [0.05, 0.1) is 5.75 Å². The smallest absolute Gasteiger partial charge is 0.234 e. The number of benzene rings is 1. The molecule has 1 fully saturated rings. The summed E-state index contributed by atoms with van der Waals surface area (Å²) in [5.41, 5.74) is 4.97. The zero-order chi connectivity index (χ0) is 20.4. The van der Waals surface area contributed by atoms with E-state index in [1.807, 2.05) is 25.6 Å². The highest BCUT2D eigenvalue weighted by Gasteiger charge is 2.18. The Hall–Kier alpha value is -1.84. The van der Waals surface area contributed by atoms with Crippen molar-refractivity contribution in [1.82, 2.24) is 15.0 Å². The number of fused-ring (bicyclic) bond motifs is 1. The quantitative estimate of drug-likeness (QED) is 0.464. The molecule has 0 bridgehead atoms. The first kappa shape index (κ1) is 20.4. The number of aryl methyl sites for hydroxylation is 3. The van der Waals surface area contributed by atoms with Crippen LogP contribution in [0, 0.1) is 20.8 Å². The van der Waals surface area contributed by atoms with Crippen LogP contribution in [0.1, 0.15) is 16.7 Å². The van der Waals surface area contributed by atoms with Gasteiger partial charge in [0.1, 0.15) is 16.1 Å². The van der Waals surface area contributed by atoms with E-state index in [2.05, 4.69) is 39.2 Å². The highest BCUT2D eigenvalue weighted by molar-refractivity contribution is 8.00. The number of thiazole rings is 1. The maximum absolute atomic E-state index is 12.6. The fourth-order valence-corrected chi connectivity index (χ4v) is 6.25.